The fraction of sp³-hybridized carbons (Fsp3) is 0.360. The lowest BCUT2D eigenvalue weighted by molar-refractivity contribution is 0.0387. The molecule has 1 saturated heterocycles. The molecule has 35 heavy (non-hydrogen) atoms. The van der Waals surface area contributed by atoms with Gasteiger partial charge in [0.15, 0.2) is 17.3 Å². The zero-order valence-electron chi connectivity index (χ0n) is 19.8. The van der Waals surface area contributed by atoms with Crippen molar-refractivity contribution >= 4 is 17.5 Å². The number of hydrogen-bond acceptors (Lipinski definition) is 7. The highest BCUT2D eigenvalue weighted by Crippen LogP contribution is 2.45. The van der Waals surface area contributed by atoms with E-state index >= 15 is 0 Å². The minimum absolute atomic E-state index is 0.329. The van der Waals surface area contributed by atoms with E-state index in [4.69, 9.17) is 14.2 Å². The number of nitrogens with zero attached hydrogens (tertiary/aromatic N) is 3. The number of carbonyl (C=O) groups is 1. The monoisotopic (exact) mass is 481 g/mol. The number of halogens is 1. The molecule has 3 aromatic rings. The first-order valence-electron chi connectivity index (χ1n) is 11.6. The molecule has 1 aliphatic carbocycles. The number of carbonyl (C=O) groups excluding carboxylic acids is 1. The molecule has 9 nitrogen and oxygen atoms in total. The maximum atomic E-state index is 13.8. The van der Waals surface area contributed by atoms with Crippen molar-refractivity contribution in [2.45, 2.75) is 6.42 Å². The highest BCUT2D eigenvalue weighted by Gasteiger charge is 2.32. The SMILES string of the molecule is COc1cc2c(cc1OC)-c1c(c(Nc3cccc(F)c3)nn1C(=O)NCCN1CCOCC1)C2. The Morgan fingerprint density at radius 1 is 1.14 bits per heavy atom. The van der Waals surface area contributed by atoms with E-state index in [1.807, 2.05) is 12.1 Å². The Bertz CT molecular complexity index is 1240. The zero-order valence-corrected chi connectivity index (χ0v) is 19.8. The van der Waals surface area contributed by atoms with Crippen molar-refractivity contribution in [2.24, 2.45) is 0 Å². The summed E-state index contributed by atoms with van der Waals surface area (Å²) in [5.74, 6) is 1.33. The van der Waals surface area contributed by atoms with Crippen LogP contribution in [-0.4, -0.2) is 74.3 Å². The molecule has 1 aliphatic heterocycles. The Morgan fingerprint density at radius 3 is 2.66 bits per heavy atom. The van der Waals surface area contributed by atoms with Gasteiger partial charge in [0.05, 0.1) is 33.1 Å². The summed E-state index contributed by atoms with van der Waals surface area (Å²) in [6.07, 6.45) is 0.545. The first-order valence-corrected chi connectivity index (χ1v) is 11.6. The second-order valence-corrected chi connectivity index (χ2v) is 8.45. The van der Waals surface area contributed by atoms with Gasteiger partial charge in [-0.05, 0) is 35.9 Å². The van der Waals surface area contributed by atoms with Crippen molar-refractivity contribution in [1.29, 1.82) is 0 Å². The number of anilines is 2. The highest BCUT2D eigenvalue weighted by molar-refractivity contribution is 5.90. The minimum Gasteiger partial charge on any atom is -0.493 e. The van der Waals surface area contributed by atoms with Crippen LogP contribution in [0.25, 0.3) is 11.3 Å². The molecule has 10 heteroatoms. The van der Waals surface area contributed by atoms with Gasteiger partial charge in [0.1, 0.15) is 5.82 Å². The summed E-state index contributed by atoms with van der Waals surface area (Å²) in [6, 6.07) is 9.60. The average Bonchev–Trinajstić information content (AvgIpc) is 3.41. The second-order valence-electron chi connectivity index (χ2n) is 8.45. The summed E-state index contributed by atoms with van der Waals surface area (Å²) in [5, 5.41) is 10.7. The van der Waals surface area contributed by atoms with Crippen LogP contribution in [0.1, 0.15) is 11.1 Å². The van der Waals surface area contributed by atoms with E-state index in [2.05, 4.69) is 20.6 Å². The van der Waals surface area contributed by atoms with Crippen LogP contribution in [0.15, 0.2) is 36.4 Å². The number of nitrogens with one attached hydrogen (secondary N) is 2. The van der Waals surface area contributed by atoms with Gasteiger partial charge in [-0.1, -0.05) is 6.07 Å². The van der Waals surface area contributed by atoms with Gasteiger partial charge in [0.25, 0.3) is 0 Å². The number of hydrogen-bond donors (Lipinski definition) is 2. The first kappa shape index (κ1) is 23.1. The van der Waals surface area contributed by atoms with E-state index in [0.29, 0.717) is 54.9 Å². The van der Waals surface area contributed by atoms with Crippen molar-refractivity contribution in [1.82, 2.24) is 20.0 Å². The van der Waals surface area contributed by atoms with Crippen molar-refractivity contribution in [3.63, 3.8) is 0 Å². The number of amides is 1. The van der Waals surface area contributed by atoms with Crippen LogP contribution in [-0.2, 0) is 11.2 Å². The van der Waals surface area contributed by atoms with Crippen molar-refractivity contribution in [2.75, 3.05) is 58.9 Å². The quantitative estimate of drug-likeness (QED) is 0.419. The molecule has 1 aromatic heterocycles. The lowest BCUT2D eigenvalue weighted by Crippen LogP contribution is -2.42. The standard InChI is InChI=1S/C25H28FN5O4/c1-33-21-13-16-12-20-23(19(16)15-22(21)34-2)31(25(32)27-6-7-30-8-10-35-11-9-30)29-24(20)28-18-5-3-4-17(26)14-18/h3-5,13-15H,6-12H2,1-2H3,(H,27,32)(H,28,29). The lowest BCUT2D eigenvalue weighted by Gasteiger charge is -2.26. The minimum atomic E-state index is -0.357. The summed E-state index contributed by atoms with van der Waals surface area (Å²) in [5.41, 5.74) is 3.93. The second kappa shape index (κ2) is 9.93. The predicted molar refractivity (Wildman–Crippen MR) is 129 cm³/mol. The van der Waals surface area contributed by atoms with Gasteiger partial charge in [0, 0.05) is 49.4 Å². The Hall–Kier alpha value is -3.63. The summed E-state index contributed by atoms with van der Waals surface area (Å²) in [6.45, 7) is 4.33. The summed E-state index contributed by atoms with van der Waals surface area (Å²) < 4.78 is 31.5. The van der Waals surface area contributed by atoms with Crippen molar-refractivity contribution in [3.05, 3.63) is 53.3 Å². The molecule has 2 aromatic carbocycles. The van der Waals surface area contributed by atoms with Crippen molar-refractivity contribution in [3.8, 4) is 22.8 Å². The topological polar surface area (TPSA) is 89.9 Å². The summed E-state index contributed by atoms with van der Waals surface area (Å²) in [4.78, 5) is 15.5. The van der Waals surface area contributed by atoms with Crippen LogP contribution < -0.4 is 20.1 Å². The van der Waals surface area contributed by atoms with Gasteiger partial charge < -0.3 is 24.8 Å². The van der Waals surface area contributed by atoms with Gasteiger partial charge in [-0.25, -0.2) is 9.18 Å². The average molecular weight is 482 g/mol. The molecule has 1 amide bonds. The van der Waals surface area contributed by atoms with Crippen LogP contribution in [0.4, 0.5) is 20.7 Å². The van der Waals surface area contributed by atoms with E-state index in [9.17, 15) is 9.18 Å². The molecule has 1 fully saturated rings. The third-order valence-electron chi connectivity index (χ3n) is 6.30. The fourth-order valence-electron chi connectivity index (χ4n) is 4.54. The number of fused-ring (bicyclic) bond motifs is 3. The number of aromatic nitrogens is 2. The third-order valence-corrected chi connectivity index (χ3v) is 6.30. The number of ether oxygens (including phenoxy) is 3. The van der Waals surface area contributed by atoms with Crippen molar-refractivity contribution < 1.29 is 23.4 Å². The molecular formula is C25H28FN5O4. The maximum Gasteiger partial charge on any atom is 0.342 e. The van der Waals surface area contributed by atoms with E-state index in [1.165, 1.54) is 16.8 Å². The molecule has 0 atom stereocenters. The lowest BCUT2D eigenvalue weighted by atomic mass is 10.1. The highest BCUT2D eigenvalue weighted by atomic mass is 19.1. The Balaban J connectivity index is 1.46. The molecule has 0 radical (unpaired) electrons. The van der Waals surface area contributed by atoms with Crippen LogP contribution >= 0.6 is 0 Å². The maximum absolute atomic E-state index is 13.8. The van der Waals surface area contributed by atoms with Gasteiger partial charge in [-0.3, -0.25) is 4.90 Å². The van der Waals surface area contributed by atoms with E-state index in [-0.39, 0.29) is 11.8 Å². The molecule has 0 saturated carbocycles. The van der Waals surface area contributed by atoms with Crippen LogP contribution in [0, 0.1) is 5.82 Å². The molecule has 5 rings (SSSR count). The molecule has 0 unspecified atom stereocenters. The number of morpholine rings is 1. The number of rotatable bonds is 7. The van der Waals surface area contributed by atoms with Gasteiger partial charge in [-0.15, -0.1) is 5.10 Å². The summed E-state index contributed by atoms with van der Waals surface area (Å²) in [7, 11) is 3.17. The van der Waals surface area contributed by atoms with Crippen LogP contribution in [0.3, 0.4) is 0 Å². The predicted octanol–water partition coefficient (Wildman–Crippen LogP) is 3.24. The molecule has 184 valence electrons. The van der Waals surface area contributed by atoms with Gasteiger partial charge >= 0.3 is 6.03 Å². The Morgan fingerprint density at radius 2 is 1.91 bits per heavy atom. The first-order chi connectivity index (χ1) is 17.1. The zero-order chi connectivity index (χ0) is 24.4. The van der Waals surface area contributed by atoms with E-state index < -0.39 is 0 Å². The van der Waals surface area contributed by atoms with Crippen LogP contribution in [0.2, 0.25) is 0 Å². The summed E-state index contributed by atoms with van der Waals surface area (Å²) >= 11 is 0. The third kappa shape index (κ3) is 4.67. The Kier molecular flexibility index (Phi) is 6.56. The normalized spacial score (nSPS) is 14.8. The molecule has 0 bridgehead atoms. The molecule has 2 N–H and O–H groups in total. The molecule has 2 heterocycles. The Labute approximate surface area is 202 Å². The van der Waals surface area contributed by atoms with Gasteiger partial charge in [0.2, 0.25) is 0 Å². The number of benzene rings is 2. The molecular weight excluding hydrogens is 453 g/mol. The van der Waals surface area contributed by atoms with E-state index in [1.54, 1.807) is 26.4 Å². The fourth-order valence-corrected chi connectivity index (χ4v) is 4.54. The van der Waals surface area contributed by atoms with Gasteiger partial charge in [-0.2, -0.15) is 4.68 Å². The smallest absolute Gasteiger partial charge is 0.342 e. The van der Waals surface area contributed by atoms with E-state index in [0.717, 1.165) is 36.3 Å². The molecule has 2 aliphatic rings. The van der Waals surface area contributed by atoms with Crippen LogP contribution in [0.5, 0.6) is 11.5 Å². The largest absolute Gasteiger partial charge is 0.493 e. The number of methoxy groups -OCH3 is 2. The molecule has 0 spiro atoms.